The van der Waals surface area contributed by atoms with Crippen LogP contribution in [0.3, 0.4) is 0 Å². The van der Waals surface area contributed by atoms with Gasteiger partial charge in [-0.15, -0.1) is 0 Å². The zero-order valence-electron chi connectivity index (χ0n) is 11.7. The van der Waals surface area contributed by atoms with E-state index in [0.717, 1.165) is 19.6 Å². The zero-order chi connectivity index (χ0) is 12.6. The first-order valence-electron chi connectivity index (χ1n) is 7.22. The van der Waals surface area contributed by atoms with Crippen LogP contribution in [0.15, 0.2) is 12.2 Å². The fourth-order valence-electron chi connectivity index (χ4n) is 1.54. The normalized spacial score (nSPS) is 11.5. The van der Waals surface area contributed by atoms with E-state index >= 15 is 0 Å². The molecule has 0 atom stereocenters. The average Bonchev–Trinajstić information content (AvgIpc) is 2.35. The molecule has 0 unspecified atom stereocenters. The van der Waals surface area contributed by atoms with E-state index in [0.29, 0.717) is 6.79 Å². The molecular weight excluding hydrogens is 207 g/mol. The zero-order valence-corrected chi connectivity index (χ0v) is 11.7. The molecule has 0 bridgehead atoms. The van der Waals surface area contributed by atoms with Crippen LogP contribution in [0.2, 0.25) is 5.09 Å². The molecule has 0 aromatic heterocycles. The SMILES string of the molecule is [Li][CH2]C/C=C\CCOCOCCCCCCC. The topological polar surface area (TPSA) is 18.5 Å². The van der Waals surface area contributed by atoms with Crippen molar-refractivity contribution in [3.8, 4) is 0 Å². The second kappa shape index (κ2) is 16.3. The first-order chi connectivity index (χ1) is 8.41. The summed E-state index contributed by atoms with van der Waals surface area (Å²) in [7, 11) is 0. The van der Waals surface area contributed by atoms with E-state index in [9.17, 15) is 0 Å². The Balaban J connectivity index is 2.94. The quantitative estimate of drug-likeness (QED) is 0.208. The molecule has 0 aromatic rings. The third-order valence-electron chi connectivity index (χ3n) is 2.61. The Morgan fingerprint density at radius 2 is 1.59 bits per heavy atom. The minimum absolute atomic E-state index is 0.454. The molecular formula is C14H27LiO2. The number of unbranched alkanes of at least 4 members (excludes halogenated alkanes) is 4. The average molecular weight is 234 g/mol. The molecule has 0 amide bonds. The first-order valence-corrected chi connectivity index (χ1v) is 7.22. The Labute approximate surface area is 116 Å². The maximum absolute atomic E-state index is 5.40. The molecule has 0 fully saturated rings. The van der Waals surface area contributed by atoms with E-state index in [1.165, 1.54) is 43.6 Å². The van der Waals surface area contributed by atoms with Gasteiger partial charge in [-0.05, 0) is 0 Å². The summed E-state index contributed by atoms with van der Waals surface area (Å²) in [4.78, 5) is 0. The molecule has 0 radical (unpaired) electrons. The number of allylic oxidation sites excluding steroid dienone is 1. The van der Waals surface area contributed by atoms with Crippen molar-refractivity contribution in [1.29, 1.82) is 0 Å². The smallest absolute Gasteiger partial charge is 0.0654 e. The van der Waals surface area contributed by atoms with Gasteiger partial charge < -0.3 is 0 Å². The molecule has 0 aliphatic carbocycles. The van der Waals surface area contributed by atoms with Gasteiger partial charge in [-0.25, -0.2) is 0 Å². The molecule has 3 heteroatoms. The van der Waals surface area contributed by atoms with Gasteiger partial charge >= 0.3 is 90.1 Å². The van der Waals surface area contributed by atoms with Gasteiger partial charge in [-0.2, -0.15) is 0 Å². The fraction of sp³-hybridized carbons (Fsp3) is 0.857. The molecule has 0 aliphatic heterocycles. The van der Waals surface area contributed by atoms with Crippen molar-refractivity contribution in [3.05, 3.63) is 12.2 Å². The Bertz CT molecular complexity index is 160. The van der Waals surface area contributed by atoms with Crippen LogP contribution in [-0.2, 0) is 9.47 Å². The number of ether oxygens (including phenoxy) is 2. The molecule has 0 saturated heterocycles. The van der Waals surface area contributed by atoms with Crippen LogP contribution in [0.4, 0.5) is 0 Å². The van der Waals surface area contributed by atoms with Gasteiger partial charge in [-0.1, -0.05) is 26.2 Å². The van der Waals surface area contributed by atoms with E-state index in [2.05, 4.69) is 36.8 Å². The standard InChI is InChI=1S/C14H27O2.Li/c1-3-5-7-9-11-13-16-14-15-12-10-8-6-4-2;/h6,8H,2-5,7,9-14H2,1H3;/b8-6-;. The van der Waals surface area contributed by atoms with E-state index in [-0.39, 0.29) is 0 Å². The van der Waals surface area contributed by atoms with Crippen LogP contribution in [0, 0.1) is 0 Å². The Morgan fingerprint density at radius 1 is 0.882 bits per heavy atom. The monoisotopic (exact) mass is 234 g/mol. The van der Waals surface area contributed by atoms with Gasteiger partial charge in [0.1, 0.15) is 0 Å². The molecule has 2 nitrogen and oxygen atoms in total. The molecule has 0 rings (SSSR count). The van der Waals surface area contributed by atoms with Crippen LogP contribution < -0.4 is 0 Å². The number of hydrogen-bond acceptors (Lipinski definition) is 2. The Kier molecular flexibility index (Phi) is 16.5. The third-order valence-corrected chi connectivity index (χ3v) is 2.61. The number of rotatable bonds is 13. The van der Waals surface area contributed by atoms with Crippen LogP contribution >= 0.6 is 0 Å². The first kappa shape index (κ1) is 17.3. The van der Waals surface area contributed by atoms with Crippen LogP contribution in [0.1, 0.15) is 51.9 Å². The van der Waals surface area contributed by atoms with E-state index in [4.69, 9.17) is 9.47 Å². The third kappa shape index (κ3) is 16.3. The second-order valence-electron chi connectivity index (χ2n) is 4.40. The minimum Gasteiger partial charge on any atom is -0.0654 e. The maximum atomic E-state index is 5.40. The van der Waals surface area contributed by atoms with Crippen molar-refractivity contribution in [2.24, 2.45) is 0 Å². The summed E-state index contributed by atoms with van der Waals surface area (Å²) >= 11 is 2.19. The summed E-state index contributed by atoms with van der Waals surface area (Å²) in [5, 5.41) is 1.22. The van der Waals surface area contributed by atoms with Crippen LogP contribution in [-0.4, -0.2) is 37.7 Å². The van der Waals surface area contributed by atoms with Gasteiger partial charge in [0.05, 0.1) is 0 Å². The number of hydrogen-bond donors (Lipinski definition) is 0. The second-order valence-corrected chi connectivity index (χ2v) is 4.40. The summed E-state index contributed by atoms with van der Waals surface area (Å²) < 4.78 is 10.8. The molecule has 0 N–H and O–H groups in total. The van der Waals surface area contributed by atoms with Crippen molar-refractivity contribution in [3.63, 3.8) is 0 Å². The molecule has 17 heavy (non-hydrogen) atoms. The van der Waals surface area contributed by atoms with Crippen molar-refractivity contribution in [1.82, 2.24) is 0 Å². The van der Waals surface area contributed by atoms with Gasteiger partial charge in [0.15, 0.2) is 0 Å². The molecule has 0 aliphatic rings. The molecule has 0 spiro atoms. The predicted octanol–water partition coefficient (Wildman–Crippen LogP) is 3.87. The van der Waals surface area contributed by atoms with Gasteiger partial charge in [0.2, 0.25) is 0 Å². The van der Waals surface area contributed by atoms with Crippen molar-refractivity contribution >= 4 is 17.7 Å². The minimum atomic E-state index is 0.454. The van der Waals surface area contributed by atoms with Crippen molar-refractivity contribution in [2.75, 3.05) is 20.0 Å². The molecule has 0 saturated carbocycles. The summed E-state index contributed by atoms with van der Waals surface area (Å²) in [6.45, 7) is 4.31. The molecule has 0 heterocycles. The fourth-order valence-corrected chi connectivity index (χ4v) is 1.54. The summed E-state index contributed by atoms with van der Waals surface area (Å²) in [6, 6.07) is 0. The predicted molar refractivity (Wildman–Crippen MR) is 74.5 cm³/mol. The Hall–Kier alpha value is 0.257. The van der Waals surface area contributed by atoms with E-state index < -0.39 is 0 Å². The van der Waals surface area contributed by atoms with Crippen LogP contribution in [0.25, 0.3) is 0 Å². The van der Waals surface area contributed by atoms with Gasteiger partial charge in [-0.3, -0.25) is 0 Å². The summed E-state index contributed by atoms with van der Waals surface area (Å²) in [5.41, 5.74) is 0. The summed E-state index contributed by atoms with van der Waals surface area (Å²) in [6.07, 6.45) is 13.0. The van der Waals surface area contributed by atoms with Crippen molar-refractivity contribution < 1.29 is 9.47 Å². The van der Waals surface area contributed by atoms with Crippen LogP contribution in [0.5, 0.6) is 0 Å². The van der Waals surface area contributed by atoms with Gasteiger partial charge in [0.25, 0.3) is 0 Å². The summed E-state index contributed by atoms with van der Waals surface area (Å²) in [5.74, 6) is 0. The molecule has 96 valence electrons. The van der Waals surface area contributed by atoms with Crippen molar-refractivity contribution in [2.45, 2.75) is 57.0 Å². The van der Waals surface area contributed by atoms with Gasteiger partial charge in [0, 0.05) is 0 Å². The van der Waals surface area contributed by atoms with E-state index in [1.54, 1.807) is 0 Å². The van der Waals surface area contributed by atoms with E-state index in [1.807, 2.05) is 0 Å². The molecule has 0 aromatic carbocycles. The Morgan fingerprint density at radius 3 is 2.35 bits per heavy atom.